The molecule has 2 amide bonds. The third-order valence-corrected chi connectivity index (χ3v) is 3.58. The summed E-state index contributed by atoms with van der Waals surface area (Å²) in [7, 11) is 0. The second-order valence-electron chi connectivity index (χ2n) is 5.73. The van der Waals surface area contributed by atoms with Gasteiger partial charge in [0.1, 0.15) is 0 Å². The predicted molar refractivity (Wildman–Crippen MR) is 83.0 cm³/mol. The second kappa shape index (κ2) is 6.94. The van der Waals surface area contributed by atoms with Gasteiger partial charge in [-0.3, -0.25) is 9.59 Å². The maximum atomic E-state index is 12.2. The van der Waals surface area contributed by atoms with E-state index in [4.69, 9.17) is 5.26 Å². The summed E-state index contributed by atoms with van der Waals surface area (Å²) in [4.78, 5) is 25.6. The van der Waals surface area contributed by atoms with Crippen molar-refractivity contribution in [3.63, 3.8) is 0 Å². The van der Waals surface area contributed by atoms with Crippen molar-refractivity contribution < 1.29 is 9.59 Å². The van der Waals surface area contributed by atoms with Gasteiger partial charge >= 0.3 is 0 Å². The normalized spacial score (nSPS) is 17.2. The van der Waals surface area contributed by atoms with Gasteiger partial charge in [-0.25, -0.2) is 0 Å². The van der Waals surface area contributed by atoms with E-state index < -0.39 is 0 Å². The molecule has 2 N–H and O–H groups in total. The number of benzene rings is 1. The Morgan fingerprint density at radius 1 is 1.41 bits per heavy atom. The summed E-state index contributed by atoms with van der Waals surface area (Å²) in [5.41, 5.74) is 1.10. The lowest BCUT2D eigenvalue weighted by Gasteiger charge is -2.13. The molecule has 22 heavy (non-hydrogen) atoms. The van der Waals surface area contributed by atoms with Gasteiger partial charge in [-0.15, -0.1) is 0 Å². The van der Waals surface area contributed by atoms with Gasteiger partial charge in [-0.05, 0) is 24.6 Å². The average Bonchev–Trinajstić information content (AvgIpc) is 2.95. The largest absolute Gasteiger partial charge is 0.347 e. The standard InChI is InChI=1S/C16H20N4O2/c1-11(2)15(21)18-13-5-3-4-12(8-13)16(22)19-14-6-7-20(9-14)10-17/h3-5,8,11,14H,6-7,9H2,1-2H3,(H,18,21)(H,19,22)/t14-/m1/s1. The van der Waals surface area contributed by atoms with E-state index in [-0.39, 0.29) is 23.8 Å². The maximum absolute atomic E-state index is 12.2. The Bertz CT molecular complexity index is 606. The highest BCUT2D eigenvalue weighted by Crippen LogP contribution is 2.13. The molecule has 1 heterocycles. The van der Waals surface area contributed by atoms with E-state index in [1.165, 1.54) is 0 Å². The Morgan fingerprint density at radius 2 is 2.18 bits per heavy atom. The van der Waals surface area contributed by atoms with Crippen molar-refractivity contribution in [2.45, 2.75) is 26.3 Å². The van der Waals surface area contributed by atoms with Crippen LogP contribution in [-0.4, -0.2) is 35.8 Å². The molecule has 0 saturated carbocycles. The molecule has 1 aromatic carbocycles. The molecule has 0 unspecified atom stereocenters. The number of hydrogen-bond donors (Lipinski definition) is 2. The van der Waals surface area contributed by atoms with E-state index in [9.17, 15) is 9.59 Å². The zero-order valence-corrected chi connectivity index (χ0v) is 12.8. The summed E-state index contributed by atoms with van der Waals surface area (Å²) >= 11 is 0. The van der Waals surface area contributed by atoms with Gasteiger partial charge in [-0.1, -0.05) is 19.9 Å². The SMILES string of the molecule is CC(C)C(=O)Nc1cccc(C(=O)N[C@@H]2CCN(C#N)C2)c1. The van der Waals surface area contributed by atoms with Crippen molar-refractivity contribution >= 4 is 17.5 Å². The van der Waals surface area contributed by atoms with E-state index in [1.54, 1.807) is 29.2 Å². The fourth-order valence-corrected chi connectivity index (χ4v) is 2.26. The fraction of sp³-hybridized carbons (Fsp3) is 0.438. The van der Waals surface area contributed by atoms with Crippen molar-refractivity contribution in [3.05, 3.63) is 29.8 Å². The lowest BCUT2D eigenvalue weighted by molar-refractivity contribution is -0.118. The Morgan fingerprint density at radius 3 is 2.82 bits per heavy atom. The van der Waals surface area contributed by atoms with Gasteiger partial charge < -0.3 is 15.5 Å². The van der Waals surface area contributed by atoms with Crippen LogP contribution in [-0.2, 0) is 4.79 Å². The molecular weight excluding hydrogens is 280 g/mol. The zero-order chi connectivity index (χ0) is 16.1. The van der Waals surface area contributed by atoms with Crippen LogP contribution in [0.3, 0.4) is 0 Å². The van der Waals surface area contributed by atoms with Gasteiger partial charge in [0, 0.05) is 36.3 Å². The lowest BCUT2D eigenvalue weighted by Crippen LogP contribution is -2.36. The highest BCUT2D eigenvalue weighted by Gasteiger charge is 2.23. The smallest absolute Gasteiger partial charge is 0.251 e. The molecule has 1 aliphatic heterocycles. The Labute approximate surface area is 130 Å². The average molecular weight is 300 g/mol. The highest BCUT2D eigenvalue weighted by atomic mass is 16.2. The molecule has 0 aliphatic carbocycles. The Balaban J connectivity index is 1.99. The number of rotatable bonds is 4. The number of nitriles is 1. The molecular formula is C16H20N4O2. The minimum Gasteiger partial charge on any atom is -0.347 e. The first-order chi connectivity index (χ1) is 10.5. The molecule has 0 radical (unpaired) electrons. The molecule has 0 spiro atoms. The molecule has 116 valence electrons. The third kappa shape index (κ3) is 3.98. The Kier molecular flexibility index (Phi) is 4.99. The molecule has 1 fully saturated rings. The lowest BCUT2D eigenvalue weighted by atomic mass is 10.1. The number of amides is 2. The van der Waals surface area contributed by atoms with Gasteiger partial charge in [-0.2, -0.15) is 5.26 Å². The minimum atomic E-state index is -0.189. The van der Waals surface area contributed by atoms with Crippen LogP contribution < -0.4 is 10.6 Å². The van der Waals surface area contributed by atoms with Crippen molar-refractivity contribution in [2.24, 2.45) is 5.92 Å². The highest BCUT2D eigenvalue weighted by molar-refractivity contribution is 5.97. The molecule has 1 atom stereocenters. The number of anilines is 1. The first kappa shape index (κ1) is 15.8. The molecule has 0 bridgehead atoms. The summed E-state index contributed by atoms with van der Waals surface area (Å²) in [6, 6.07) is 6.84. The van der Waals surface area contributed by atoms with Crippen LogP contribution in [0.15, 0.2) is 24.3 Å². The zero-order valence-electron chi connectivity index (χ0n) is 12.8. The van der Waals surface area contributed by atoms with Crippen molar-refractivity contribution in [1.82, 2.24) is 10.2 Å². The monoisotopic (exact) mass is 300 g/mol. The number of nitrogens with zero attached hydrogens (tertiary/aromatic N) is 2. The molecule has 2 rings (SSSR count). The number of carbonyl (C=O) groups is 2. The van der Waals surface area contributed by atoms with Crippen LogP contribution in [0.2, 0.25) is 0 Å². The van der Waals surface area contributed by atoms with Gasteiger partial charge in [0.25, 0.3) is 5.91 Å². The summed E-state index contributed by atoms with van der Waals surface area (Å²) in [6.45, 7) is 4.85. The quantitative estimate of drug-likeness (QED) is 0.826. The molecule has 1 aliphatic rings. The van der Waals surface area contributed by atoms with Crippen molar-refractivity contribution in [1.29, 1.82) is 5.26 Å². The van der Waals surface area contributed by atoms with Crippen molar-refractivity contribution in [2.75, 3.05) is 18.4 Å². The van der Waals surface area contributed by atoms with E-state index in [0.717, 1.165) is 6.42 Å². The third-order valence-electron chi connectivity index (χ3n) is 3.58. The van der Waals surface area contributed by atoms with Crippen LogP contribution in [0, 0.1) is 17.4 Å². The first-order valence-corrected chi connectivity index (χ1v) is 7.36. The summed E-state index contributed by atoms with van der Waals surface area (Å²) < 4.78 is 0. The van der Waals surface area contributed by atoms with Gasteiger partial charge in [0.2, 0.25) is 5.91 Å². The molecule has 0 aromatic heterocycles. The molecule has 6 heteroatoms. The second-order valence-corrected chi connectivity index (χ2v) is 5.73. The van der Waals surface area contributed by atoms with E-state index in [2.05, 4.69) is 16.8 Å². The number of carbonyl (C=O) groups excluding carboxylic acids is 2. The van der Waals surface area contributed by atoms with E-state index >= 15 is 0 Å². The summed E-state index contributed by atoms with van der Waals surface area (Å²) in [6.07, 6.45) is 2.85. The van der Waals surface area contributed by atoms with E-state index in [1.807, 2.05) is 13.8 Å². The minimum absolute atomic E-state index is 0.0129. The Hall–Kier alpha value is -2.55. The molecule has 6 nitrogen and oxygen atoms in total. The van der Waals surface area contributed by atoms with Crippen LogP contribution in [0.4, 0.5) is 5.69 Å². The van der Waals surface area contributed by atoms with E-state index in [0.29, 0.717) is 24.3 Å². The van der Waals surface area contributed by atoms with Crippen LogP contribution >= 0.6 is 0 Å². The molecule has 1 aromatic rings. The summed E-state index contributed by atoms with van der Waals surface area (Å²) in [5, 5.41) is 14.5. The van der Waals surface area contributed by atoms with Gasteiger partial charge in [0.05, 0.1) is 0 Å². The fourth-order valence-electron chi connectivity index (χ4n) is 2.26. The number of nitrogens with one attached hydrogen (secondary N) is 2. The molecule has 1 saturated heterocycles. The van der Waals surface area contributed by atoms with Gasteiger partial charge in [0.15, 0.2) is 6.19 Å². The van der Waals surface area contributed by atoms with Crippen molar-refractivity contribution in [3.8, 4) is 6.19 Å². The summed E-state index contributed by atoms with van der Waals surface area (Å²) in [5.74, 6) is -0.392. The number of hydrogen-bond acceptors (Lipinski definition) is 4. The van der Waals surface area contributed by atoms with Crippen LogP contribution in [0.25, 0.3) is 0 Å². The first-order valence-electron chi connectivity index (χ1n) is 7.36. The number of likely N-dealkylation sites (tertiary alicyclic amines) is 1. The maximum Gasteiger partial charge on any atom is 0.251 e. The predicted octanol–water partition coefficient (Wildman–Crippen LogP) is 1.57. The van der Waals surface area contributed by atoms with Crippen LogP contribution in [0.5, 0.6) is 0 Å². The van der Waals surface area contributed by atoms with Crippen LogP contribution in [0.1, 0.15) is 30.6 Å². The topological polar surface area (TPSA) is 85.2 Å².